The van der Waals surface area contributed by atoms with Crippen molar-refractivity contribution < 1.29 is 18.3 Å². The number of rotatable bonds is 6. The number of ether oxygens (including phenoxy) is 1. The van der Waals surface area contributed by atoms with Crippen LogP contribution in [0.25, 0.3) is 0 Å². The number of piperidine rings is 1. The topological polar surface area (TPSA) is 82.4 Å². The first-order valence-electron chi connectivity index (χ1n) is 9.55. The highest BCUT2D eigenvalue weighted by atomic mass is 32.2. The fourth-order valence-electron chi connectivity index (χ4n) is 3.30. The number of phenolic OH excluding ortho intramolecular Hbond substituents is 1. The highest BCUT2D eigenvalue weighted by molar-refractivity contribution is 7.89. The Kier molecular flexibility index (Phi) is 6.44. The van der Waals surface area contributed by atoms with Gasteiger partial charge in [-0.3, -0.25) is 4.99 Å². The molecule has 3 rings (SSSR count). The summed E-state index contributed by atoms with van der Waals surface area (Å²) in [6.07, 6.45) is 4.34. The summed E-state index contributed by atoms with van der Waals surface area (Å²) in [7, 11) is 1.73. The lowest BCUT2D eigenvalue weighted by molar-refractivity contribution is 0.346. The molecular formula is C21H27N3O4S. The lowest BCUT2D eigenvalue weighted by Crippen LogP contribution is -2.35. The van der Waals surface area contributed by atoms with E-state index in [0.717, 1.165) is 24.9 Å². The Balaban J connectivity index is 2.00. The van der Waals surface area contributed by atoms with Crippen molar-refractivity contribution in [2.45, 2.75) is 24.2 Å². The molecule has 1 aliphatic rings. The molecule has 0 saturated carbocycles. The van der Waals surface area contributed by atoms with Crippen LogP contribution in [0, 0.1) is 0 Å². The Bertz CT molecular complexity index is 997. The second kappa shape index (κ2) is 8.84. The van der Waals surface area contributed by atoms with Gasteiger partial charge in [-0.25, -0.2) is 8.42 Å². The monoisotopic (exact) mass is 417 g/mol. The summed E-state index contributed by atoms with van der Waals surface area (Å²) in [5.41, 5.74) is 1.77. The minimum atomic E-state index is -3.56. The fourth-order valence-corrected chi connectivity index (χ4v) is 4.84. The molecule has 0 bridgehead atoms. The van der Waals surface area contributed by atoms with Gasteiger partial charge >= 0.3 is 0 Å². The summed E-state index contributed by atoms with van der Waals surface area (Å²) in [5, 5.41) is 10.1. The molecule has 1 heterocycles. The number of sulfonamides is 1. The van der Waals surface area contributed by atoms with Gasteiger partial charge in [0.1, 0.15) is 11.5 Å². The van der Waals surface area contributed by atoms with Crippen LogP contribution in [0.3, 0.4) is 0 Å². The van der Waals surface area contributed by atoms with Gasteiger partial charge in [0.05, 0.1) is 23.4 Å². The second-order valence-electron chi connectivity index (χ2n) is 7.19. The zero-order valence-corrected chi connectivity index (χ0v) is 17.8. The van der Waals surface area contributed by atoms with Gasteiger partial charge < -0.3 is 14.7 Å². The molecule has 0 atom stereocenters. The summed E-state index contributed by atoms with van der Waals surface area (Å²) in [5.74, 6) is 0.663. The molecule has 0 spiro atoms. The van der Waals surface area contributed by atoms with Gasteiger partial charge in [-0.2, -0.15) is 4.31 Å². The number of aliphatic imine (C=N–C) groups is 1. The Labute approximate surface area is 172 Å². The third-order valence-electron chi connectivity index (χ3n) is 4.96. The van der Waals surface area contributed by atoms with Crippen molar-refractivity contribution >= 4 is 27.6 Å². The quantitative estimate of drug-likeness (QED) is 0.729. The number of phenols is 1. The Morgan fingerprint density at radius 2 is 1.83 bits per heavy atom. The largest absolute Gasteiger partial charge is 0.507 e. The van der Waals surface area contributed by atoms with E-state index in [1.54, 1.807) is 41.7 Å². The molecule has 0 aliphatic carbocycles. The molecule has 7 nitrogen and oxygen atoms in total. The summed E-state index contributed by atoms with van der Waals surface area (Å²) in [4.78, 5) is 6.59. The molecule has 0 amide bonds. The van der Waals surface area contributed by atoms with Crippen molar-refractivity contribution in [3.8, 4) is 11.5 Å². The van der Waals surface area contributed by atoms with E-state index in [2.05, 4.69) is 4.99 Å². The van der Waals surface area contributed by atoms with E-state index in [1.807, 2.05) is 19.0 Å². The minimum Gasteiger partial charge on any atom is -0.507 e. The van der Waals surface area contributed by atoms with Gasteiger partial charge in [0, 0.05) is 39.0 Å². The summed E-state index contributed by atoms with van der Waals surface area (Å²) in [6.45, 7) is 1.10. The van der Waals surface area contributed by atoms with Crippen LogP contribution in [0.15, 0.2) is 46.3 Å². The van der Waals surface area contributed by atoms with E-state index >= 15 is 0 Å². The third kappa shape index (κ3) is 4.71. The number of aromatic hydroxyl groups is 1. The molecule has 156 valence electrons. The Morgan fingerprint density at radius 3 is 2.48 bits per heavy atom. The SMILES string of the molecule is COc1ccc(O)c(C=Nc2cc(S(=O)(=O)N3CCCCC3)ccc2N(C)C)c1. The molecule has 2 aromatic carbocycles. The Hall–Kier alpha value is -2.58. The molecule has 1 aliphatic heterocycles. The lowest BCUT2D eigenvalue weighted by Gasteiger charge is -2.26. The van der Waals surface area contributed by atoms with Crippen LogP contribution in [-0.4, -0.2) is 58.3 Å². The van der Waals surface area contributed by atoms with Crippen molar-refractivity contribution in [1.82, 2.24) is 4.31 Å². The first-order valence-corrected chi connectivity index (χ1v) is 11.0. The van der Waals surface area contributed by atoms with E-state index in [0.29, 0.717) is 30.1 Å². The predicted molar refractivity (Wildman–Crippen MR) is 115 cm³/mol. The normalized spacial score (nSPS) is 15.6. The fraction of sp³-hybridized carbons (Fsp3) is 0.381. The number of methoxy groups -OCH3 is 1. The molecule has 0 aromatic heterocycles. The summed E-state index contributed by atoms with van der Waals surface area (Å²) < 4.78 is 32.8. The first kappa shape index (κ1) is 21.1. The van der Waals surface area contributed by atoms with Crippen LogP contribution in [0.5, 0.6) is 11.5 Å². The maximum atomic E-state index is 13.0. The zero-order chi connectivity index (χ0) is 21.0. The highest BCUT2D eigenvalue weighted by Crippen LogP contribution is 2.32. The Morgan fingerprint density at radius 1 is 1.10 bits per heavy atom. The standard InChI is InChI=1S/C21H27N3O4S/c1-23(2)20-9-8-18(29(26,27)24-11-5-4-6-12-24)14-19(20)22-15-16-13-17(28-3)7-10-21(16)25/h7-10,13-15,25H,4-6,11-12H2,1-3H3. The molecule has 1 N–H and O–H groups in total. The first-order chi connectivity index (χ1) is 13.8. The summed E-state index contributed by atoms with van der Waals surface area (Å²) >= 11 is 0. The van der Waals surface area contributed by atoms with Crippen molar-refractivity contribution in [1.29, 1.82) is 0 Å². The van der Waals surface area contributed by atoms with Gasteiger partial charge in [0.2, 0.25) is 10.0 Å². The molecule has 1 fully saturated rings. The number of hydrogen-bond acceptors (Lipinski definition) is 6. The van der Waals surface area contributed by atoms with E-state index in [1.165, 1.54) is 12.3 Å². The molecule has 1 saturated heterocycles. The van der Waals surface area contributed by atoms with E-state index in [4.69, 9.17) is 4.74 Å². The molecular weight excluding hydrogens is 390 g/mol. The van der Waals surface area contributed by atoms with E-state index in [-0.39, 0.29) is 10.6 Å². The highest BCUT2D eigenvalue weighted by Gasteiger charge is 2.26. The minimum absolute atomic E-state index is 0.0676. The number of hydrogen-bond donors (Lipinski definition) is 1. The molecule has 8 heteroatoms. The van der Waals surface area contributed by atoms with Crippen molar-refractivity contribution in [3.05, 3.63) is 42.0 Å². The molecule has 2 aromatic rings. The maximum absolute atomic E-state index is 13.0. The molecule has 0 radical (unpaired) electrons. The van der Waals surface area contributed by atoms with Gasteiger partial charge in [-0.1, -0.05) is 6.42 Å². The van der Waals surface area contributed by atoms with Crippen LogP contribution in [-0.2, 0) is 10.0 Å². The average molecular weight is 418 g/mol. The number of benzene rings is 2. The van der Waals surface area contributed by atoms with Crippen molar-refractivity contribution in [3.63, 3.8) is 0 Å². The van der Waals surface area contributed by atoms with Gasteiger partial charge in [-0.15, -0.1) is 0 Å². The van der Waals surface area contributed by atoms with Crippen molar-refractivity contribution in [2.75, 3.05) is 39.2 Å². The maximum Gasteiger partial charge on any atom is 0.243 e. The van der Waals surface area contributed by atoms with Gasteiger partial charge in [-0.05, 0) is 49.2 Å². The number of anilines is 1. The van der Waals surface area contributed by atoms with Crippen LogP contribution in [0.2, 0.25) is 0 Å². The molecule has 29 heavy (non-hydrogen) atoms. The van der Waals surface area contributed by atoms with Crippen LogP contribution in [0.1, 0.15) is 24.8 Å². The van der Waals surface area contributed by atoms with Crippen molar-refractivity contribution in [2.24, 2.45) is 4.99 Å². The predicted octanol–water partition coefficient (Wildman–Crippen LogP) is 3.39. The van der Waals surface area contributed by atoms with Crippen LogP contribution in [0.4, 0.5) is 11.4 Å². The van der Waals surface area contributed by atoms with Gasteiger partial charge in [0.15, 0.2) is 0 Å². The van der Waals surface area contributed by atoms with Gasteiger partial charge in [0.25, 0.3) is 0 Å². The average Bonchev–Trinajstić information content (AvgIpc) is 2.73. The summed E-state index contributed by atoms with van der Waals surface area (Å²) in [6, 6.07) is 9.83. The third-order valence-corrected chi connectivity index (χ3v) is 6.85. The number of nitrogens with zero attached hydrogens (tertiary/aromatic N) is 3. The van der Waals surface area contributed by atoms with Crippen LogP contribution >= 0.6 is 0 Å². The second-order valence-corrected chi connectivity index (χ2v) is 9.13. The zero-order valence-electron chi connectivity index (χ0n) is 17.0. The van der Waals surface area contributed by atoms with E-state index < -0.39 is 10.0 Å². The van der Waals surface area contributed by atoms with E-state index in [9.17, 15) is 13.5 Å². The smallest absolute Gasteiger partial charge is 0.243 e. The van der Waals surface area contributed by atoms with Crippen LogP contribution < -0.4 is 9.64 Å². The molecule has 0 unspecified atom stereocenters. The lowest BCUT2D eigenvalue weighted by atomic mass is 10.2.